The van der Waals surface area contributed by atoms with Crippen molar-refractivity contribution in [2.45, 2.75) is 29.4 Å². The first-order chi connectivity index (χ1) is 17.7. The number of rotatable bonds is 8. The lowest BCUT2D eigenvalue weighted by molar-refractivity contribution is -0.131. The largest absolute Gasteiger partial charge is 0.341 e. The van der Waals surface area contributed by atoms with Crippen molar-refractivity contribution in [1.29, 1.82) is 0 Å². The third-order valence-electron chi connectivity index (χ3n) is 6.27. The van der Waals surface area contributed by atoms with Crippen LogP contribution < -0.4 is 5.32 Å². The van der Waals surface area contributed by atoms with E-state index in [-0.39, 0.29) is 36.7 Å². The lowest BCUT2D eigenvalue weighted by Gasteiger charge is -2.24. The average molecular weight is 540 g/mol. The number of hydrogen-bond donors (Lipinski definition) is 1. The van der Waals surface area contributed by atoms with Crippen molar-refractivity contribution in [1.82, 2.24) is 9.88 Å². The minimum Gasteiger partial charge on any atom is -0.341 e. The minimum absolute atomic E-state index is 0.0124. The van der Waals surface area contributed by atoms with Gasteiger partial charge in [0.2, 0.25) is 11.8 Å². The maximum absolute atomic E-state index is 13.6. The average Bonchev–Trinajstić information content (AvgIpc) is 3.01. The Morgan fingerprint density at radius 2 is 1.76 bits per heavy atom. The summed E-state index contributed by atoms with van der Waals surface area (Å²) in [4.78, 5) is 44.6. The van der Waals surface area contributed by atoms with E-state index in [2.05, 4.69) is 10.3 Å². The maximum Gasteiger partial charge on any atom is 0.226 e. The molecule has 0 spiro atoms. The first-order valence-corrected chi connectivity index (χ1v) is 13.7. The molecule has 2 heterocycles. The highest BCUT2D eigenvalue weighted by Crippen LogP contribution is 2.28. The number of benzene rings is 2. The van der Waals surface area contributed by atoms with Gasteiger partial charge in [0.15, 0.2) is 15.6 Å². The van der Waals surface area contributed by atoms with E-state index in [9.17, 15) is 22.8 Å². The number of anilines is 1. The van der Waals surface area contributed by atoms with E-state index in [1.165, 1.54) is 35.4 Å². The monoisotopic (exact) mass is 539 g/mol. The van der Waals surface area contributed by atoms with Crippen LogP contribution in [0.5, 0.6) is 0 Å². The summed E-state index contributed by atoms with van der Waals surface area (Å²) in [6, 6.07) is 18.2. The van der Waals surface area contributed by atoms with Crippen LogP contribution in [0.2, 0.25) is 5.02 Å². The molecule has 4 rings (SSSR count). The van der Waals surface area contributed by atoms with Gasteiger partial charge in [0, 0.05) is 36.6 Å². The number of aromatic nitrogens is 1. The number of carbonyl (C=O) groups excluding carboxylic acids is 3. The van der Waals surface area contributed by atoms with Gasteiger partial charge in [-0.25, -0.2) is 8.42 Å². The zero-order chi connectivity index (χ0) is 26.4. The number of carbonyl (C=O) groups is 3. The second-order valence-corrected chi connectivity index (χ2v) is 11.4. The fourth-order valence-electron chi connectivity index (χ4n) is 4.34. The van der Waals surface area contributed by atoms with E-state index in [1.807, 2.05) is 30.3 Å². The number of halogens is 1. The van der Waals surface area contributed by atoms with Crippen LogP contribution in [0.3, 0.4) is 0 Å². The van der Waals surface area contributed by atoms with Crippen molar-refractivity contribution in [3.63, 3.8) is 0 Å². The van der Waals surface area contributed by atoms with E-state index < -0.39 is 39.1 Å². The van der Waals surface area contributed by atoms with Crippen molar-refractivity contribution in [3.8, 4) is 0 Å². The molecule has 0 bridgehead atoms. The van der Waals surface area contributed by atoms with Crippen molar-refractivity contribution >= 4 is 44.7 Å². The van der Waals surface area contributed by atoms with Crippen LogP contribution in [0.4, 0.5) is 5.69 Å². The van der Waals surface area contributed by atoms with Gasteiger partial charge in [0.1, 0.15) is 5.25 Å². The predicted molar refractivity (Wildman–Crippen MR) is 140 cm³/mol. The van der Waals surface area contributed by atoms with Gasteiger partial charge in [-0.05, 0) is 48.4 Å². The molecule has 2 amide bonds. The van der Waals surface area contributed by atoms with Crippen molar-refractivity contribution in [2.75, 3.05) is 18.4 Å². The number of amides is 2. The summed E-state index contributed by atoms with van der Waals surface area (Å²) < 4.78 is 27.0. The Morgan fingerprint density at radius 1 is 1.03 bits per heavy atom. The molecule has 0 aliphatic carbocycles. The van der Waals surface area contributed by atoms with Crippen molar-refractivity contribution in [2.24, 2.45) is 5.92 Å². The summed E-state index contributed by atoms with van der Waals surface area (Å²) >= 11 is 5.91. The number of Topliss-reactive ketones (excluding diaryl/α,β-unsaturated/α-hetero) is 1. The highest BCUT2D eigenvalue weighted by atomic mass is 35.5. The molecule has 192 valence electrons. The van der Waals surface area contributed by atoms with Crippen LogP contribution in [0.15, 0.2) is 84.0 Å². The van der Waals surface area contributed by atoms with Gasteiger partial charge in [-0.2, -0.15) is 0 Å². The van der Waals surface area contributed by atoms with E-state index in [4.69, 9.17) is 11.6 Å². The molecule has 1 N–H and O–H groups in total. The van der Waals surface area contributed by atoms with Crippen LogP contribution in [0.1, 0.15) is 18.4 Å². The second kappa shape index (κ2) is 11.7. The third-order valence-corrected chi connectivity index (χ3v) is 8.60. The van der Waals surface area contributed by atoms with Crippen LogP contribution in [-0.4, -0.2) is 54.2 Å². The fourth-order valence-corrected chi connectivity index (χ4v) is 6.17. The van der Waals surface area contributed by atoms with Gasteiger partial charge in [0.05, 0.1) is 23.2 Å². The van der Waals surface area contributed by atoms with Gasteiger partial charge < -0.3 is 10.2 Å². The van der Waals surface area contributed by atoms with Gasteiger partial charge in [-0.3, -0.25) is 19.4 Å². The van der Waals surface area contributed by atoms with Crippen LogP contribution in [-0.2, 0) is 30.6 Å². The molecule has 8 nitrogen and oxygen atoms in total. The van der Waals surface area contributed by atoms with Gasteiger partial charge >= 0.3 is 0 Å². The van der Waals surface area contributed by atoms with Crippen LogP contribution in [0.25, 0.3) is 0 Å². The Labute approximate surface area is 220 Å². The topological polar surface area (TPSA) is 114 Å². The molecular weight excluding hydrogens is 514 g/mol. The zero-order valence-electron chi connectivity index (χ0n) is 19.9. The second-order valence-electron chi connectivity index (χ2n) is 8.86. The molecule has 2 atom stereocenters. The fraction of sp³-hybridized carbons (Fsp3) is 0.259. The van der Waals surface area contributed by atoms with E-state index in [0.29, 0.717) is 10.7 Å². The zero-order valence-corrected chi connectivity index (χ0v) is 21.5. The molecule has 3 aromatic rings. The standard InChI is InChI=1S/C27H26ClN3O5S/c28-21-8-10-23(11-9-21)37(35,36)24-16-26(33)31(14-12-25(32)30-22-7-4-13-29-17-22)18-20(27(24)34)15-19-5-2-1-3-6-19/h1-11,13,17,20,24H,12,14-16,18H2,(H,30,32). The third kappa shape index (κ3) is 6.61. The van der Waals surface area contributed by atoms with Crippen LogP contribution in [0, 0.1) is 5.92 Å². The van der Waals surface area contributed by atoms with E-state index >= 15 is 0 Å². The van der Waals surface area contributed by atoms with Crippen molar-refractivity contribution in [3.05, 3.63) is 89.7 Å². The number of nitrogens with zero attached hydrogens (tertiary/aromatic N) is 2. The molecule has 2 aromatic carbocycles. The lowest BCUT2D eigenvalue weighted by atomic mass is 9.93. The summed E-state index contributed by atoms with van der Waals surface area (Å²) in [7, 11) is -4.15. The predicted octanol–water partition coefficient (Wildman–Crippen LogP) is 3.57. The SMILES string of the molecule is O=C(CCN1CC(Cc2ccccc2)C(=O)C(S(=O)(=O)c2ccc(Cl)cc2)CC1=O)Nc1cccnc1. The van der Waals surface area contributed by atoms with Gasteiger partial charge in [-0.15, -0.1) is 0 Å². The summed E-state index contributed by atoms with van der Waals surface area (Å²) in [5.41, 5.74) is 1.38. The molecule has 1 saturated heterocycles. The molecule has 37 heavy (non-hydrogen) atoms. The summed E-state index contributed by atoms with van der Waals surface area (Å²) in [6.07, 6.45) is 2.87. The Morgan fingerprint density at radius 3 is 2.43 bits per heavy atom. The van der Waals surface area contributed by atoms with E-state index in [1.54, 1.807) is 18.3 Å². The number of nitrogens with one attached hydrogen (secondary N) is 1. The van der Waals surface area contributed by atoms with Gasteiger partial charge in [-0.1, -0.05) is 41.9 Å². The molecule has 1 aliphatic heterocycles. The number of ketones is 1. The normalized spacial score (nSPS) is 18.4. The lowest BCUT2D eigenvalue weighted by Crippen LogP contribution is -2.37. The molecule has 1 aliphatic rings. The first-order valence-electron chi connectivity index (χ1n) is 11.8. The molecule has 2 unspecified atom stereocenters. The van der Waals surface area contributed by atoms with Crippen LogP contribution >= 0.6 is 11.6 Å². The molecule has 1 fully saturated rings. The smallest absolute Gasteiger partial charge is 0.226 e. The highest BCUT2D eigenvalue weighted by molar-refractivity contribution is 7.92. The first kappa shape index (κ1) is 26.5. The Bertz CT molecular complexity index is 1370. The number of likely N-dealkylation sites (tertiary alicyclic amines) is 1. The van der Waals surface area contributed by atoms with Crippen molar-refractivity contribution < 1.29 is 22.8 Å². The Hall–Kier alpha value is -3.56. The molecule has 1 aromatic heterocycles. The number of sulfone groups is 1. The number of pyridine rings is 1. The molecule has 10 heteroatoms. The summed E-state index contributed by atoms with van der Waals surface area (Å²) in [5, 5.41) is 1.55. The van der Waals surface area contributed by atoms with Gasteiger partial charge in [0.25, 0.3) is 0 Å². The number of hydrogen-bond acceptors (Lipinski definition) is 6. The summed E-state index contributed by atoms with van der Waals surface area (Å²) in [5.74, 6) is -2.06. The Kier molecular flexibility index (Phi) is 8.35. The Balaban J connectivity index is 1.57. The maximum atomic E-state index is 13.6. The molecule has 0 saturated carbocycles. The minimum atomic E-state index is -4.15. The quantitative estimate of drug-likeness (QED) is 0.468. The molecular formula is C27H26ClN3O5S. The van der Waals surface area contributed by atoms with E-state index in [0.717, 1.165) is 5.56 Å². The molecule has 0 radical (unpaired) electrons. The highest BCUT2D eigenvalue weighted by Gasteiger charge is 2.43. The summed E-state index contributed by atoms with van der Waals surface area (Å²) in [6.45, 7) is 0.0799.